The van der Waals surface area contributed by atoms with Gasteiger partial charge in [-0.2, -0.15) is 0 Å². The van der Waals surface area contributed by atoms with Crippen molar-refractivity contribution in [3.05, 3.63) is 120 Å². The van der Waals surface area contributed by atoms with Crippen LogP contribution in [0.3, 0.4) is 0 Å². The van der Waals surface area contributed by atoms with E-state index in [1.807, 2.05) is 18.2 Å². The molecule has 0 spiro atoms. The van der Waals surface area contributed by atoms with E-state index in [2.05, 4.69) is 51.8 Å². The van der Waals surface area contributed by atoms with Gasteiger partial charge in [-0.1, -0.05) is 48.5 Å². The maximum atomic E-state index is 13.3. The number of para-hydroxylation sites is 1. The van der Waals surface area contributed by atoms with Crippen LogP contribution in [-0.4, -0.2) is 14.3 Å². The Kier molecular flexibility index (Phi) is 6.12. The molecule has 7 rings (SSSR count). The molecule has 0 saturated heterocycles. The molecule has 1 aliphatic heterocycles. The summed E-state index contributed by atoms with van der Waals surface area (Å²) in [6.45, 7) is 0. The summed E-state index contributed by atoms with van der Waals surface area (Å²) in [6.07, 6.45) is 3.82. The highest BCUT2D eigenvalue weighted by Crippen LogP contribution is 2.63. The molecule has 4 aromatic carbocycles. The highest BCUT2D eigenvalue weighted by atomic mass is 32.2. The molecule has 40 heavy (non-hydrogen) atoms. The van der Waals surface area contributed by atoms with Crippen molar-refractivity contribution in [2.45, 2.75) is 36.1 Å². The molecule has 0 radical (unpaired) electrons. The van der Waals surface area contributed by atoms with Gasteiger partial charge in [0.1, 0.15) is 0 Å². The van der Waals surface area contributed by atoms with Crippen LogP contribution in [0.4, 0.5) is 17.1 Å². The van der Waals surface area contributed by atoms with Gasteiger partial charge in [0.05, 0.1) is 10.9 Å². The summed E-state index contributed by atoms with van der Waals surface area (Å²) in [7, 11) is -3.73. The number of amides is 1. The Morgan fingerprint density at radius 2 is 1.48 bits per heavy atom. The van der Waals surface area contributed by atoms with Crippen molar-refractivity contribution in [3.63, 3.8) is 0 Å². The van der Waals surface area contributed by atoms with Gasteiger partial charge in [0.25, 0.3) is 15.9 Å². The Bertz CT molecular complexity index is 1660. The van der Waals surface area contributed by atoms with Gasteiger partial charge >= 0.3 is 0 Å². The van der Waals surface area contributed by atoms with Gasteiger partial charge in [-0.3, -0.25) is 9.52 Å². The highest BCUT2D eigenvalue weighted by Gasteiger charge is 2.53. The minimum Gasteiger partial charge on any atom is -0.378 e. The van der Waals surface area contributed by atoms with E-state index in [1.54, 1.807) is 36.4 Å². The summed E-state index contributed by atoms with van der Waals surface area (Å²) in [5, 5.41) is 6.78. The van der Waals surface area contributed by atoms with E-state index in [0.29, 0.717) is 46.7 Å². The number of hydrogen-bond acceptors (Lipinski definition) is 4. The molecule has 3 N–H and O–H groups in total. The van der Waals surface area contributed by atoms with Crippen molar-refractivity contribution in [1.29, 1.82) is 0 Å². The predicted molar refractivity (Wildman–Crippen MR) is 158 cm³/mol. The van der Waals surface area contributed by atoms with Crippen molar-refractivity contribution in [2.24, 2.45) is 17.8 Å². The fourth-order valence-corrected chi connectivity index (χ4v) is 8.32. The number of fused-ring (bicyclic) bond motifs is 7. The van der Waals surface area contributed by atoms with Gasteiger partial charge in [-0.15, -0.1) is 0 Å². The van der Waals surface area contributed by atoms with Crippen molar-refractivity contribution in [3.8, 4) is 0 Å². The third kappa shape index (κ3) is 4.44. The Balaban J connectivity index is 1.11. The Morgan fingerprint density at radius 1 is 0.775 bits per heavy atom. The Hall–Kier alpha value is -4.10. The average molecular weight is 550 g/mol. The van der Waals surface area contributed by atoms with Gasteiger partial charge in [0.15, 0.2) is 0 Å². The van der Waals surface area contributed by atoms with Gasteiger partial charge in [-0.25, -0.2) is 8.42 Å². The zero-order valence-corrected chi connectivity index (χ0v) is 22.8. The molecule has 2 fully saturated rings. The number of nitrogens with one attached hydrogen (secondary N) is 3. The fourth-order valence-electron chi connectivity index (χ4n) is 7.26. The van der Waals surface area contributed by atoms with Crippen molar-refractivity contribution in [2.75, 3.05) is 15.4 Å². The van der Waals surface area contributed by atoms with Crippen LogP contribution in [0, 0.1) is 17.8 Å². The molecule has 4 aromatic rings. The lowest BCUT2D eigenvalue weighted by Crippen LogP contribution is -2.35. The molecule has 2 aliphatic carbocycles. The van der Waals surface area contributed by atoms with Crippen molar-refractivity contribution in [1.82, 2.24) is 0 Å². The average Bonchev–Trinajstić information content (AvgIpc) is 3.61. The zero-order chi connectivity index (χ0) is 27.3. The number of carbonyl (C=O) groups is 1. The summed E-state index contributed by atoms with van der Waals surface area (Å²) in [5.74, 6) is 2.16. The highest BCUT2D eigenvalue weighted by molar-refractivity contribution is 7.92. The first-order chi connectivity index (χ1) is 19.5. The third-order valence-electron chi connectivity index (χ3n) is 8.96. The molecule has 0 aromatic heterocycles. The van der Waals surface area contributed by atoms with Crippen molar-refractivity contribution >= 4 is 33.0 Å². The topological polar surface area (TPSA) is 87.3 Å². The van der Waals surface area contributed by atoms with Gasteiger partial charge in [0, 0.05) is 22.6 Å². The summed E-state index contributed by atoms with van der Waals surface area (Å²) < 4.78 is 28.1. The largest absolute Gasteiger partial charge is 0.378 e. The molecular weight excluding hydrogens is 518 g/mol. The molecule has 202 valence electrons. The maximum Gasteiger partial charge on any atom is 0.261 e. The molecule has 5 atom stereocenters. The van der Waals surface area contributed by atoms with Crippen LogP contribution in [-0.2, 0) is 10.0 Å². The first-order valence-electron chi connectivity index (χ1n) is 13.9. The number of hydrogen-bond donors (Lipinski definition) is 3. The molecule has 3 aliphatic rings. The molecule has 0 unspecified atom stereocenters. The van der Waals surface area contributed by atoms with Crippen LogP contribution in [0.15, 0.2) is 108 Å². The van der Waals surface area contributed by atoms with Crippen LogP contribution in [0.1, 0.15) is 52.7 Å². The number of benzene rings is 4. The minimum atomic E-state index is -3.73. The molecule has 1 amide bonds. The zero-order valence-electron chi connectivity index (χ0n) is 22.0. The number of sulfonamides is 1. The lowest BCUT2D eigenvalue weighted by molar-refractivity contribution is 0.102. The number of rotatable bonds is 6. The summed E-state index contributed by atoms with van der Waals surface area (Å²) in [6, 6.07) is 32.0. The lowest BCUT2D eigenvalue weighted by Gasteiger charge is -2.43. The van der Waals surface area contributed by atoms with Gasteiger partial charge in [0.2, 0.25) is 0 Å². The van der Waals surface area contributed by atoms with E-state index in [-0.39, 0.29) is 10.8 Å². The Labute approximate surface area is 234 Å². The number of carbonyl (C=O) groups excluding carboxylic acids is 1. The first-order valence-corrected chi connectivity index (χ1v) is 15.4. The third-order valence-corrected chi connectivity index (χ3v) is 10.4. The minimum absolute atomic E-state index is 0.129. The van der Waals surface area contributed by atoms with Crippen LogP contribution in [0.25, 0.3) is 0 Å². The SMILES string of the molecule is O=C(Nc1ccc(S(=O)(=O)Nc2ccccc2)cc1)c1ccc2c(c1)[C@@H]1[C@H]3CC[C@@H](C3)[C@@H]1[C@H](c1ccccc1)N2. The first kappa shape index (κ1) is 24.9. The second-order valence-corrected chi connectivity index (χ2v) is 12.9. The van der Waals surface area contributed by atoms with E-state index in [9.17, 15) is 13.2 Å². The Morgan fingerprint density at radius 3 is 2.23 bits per heavy atom. The smallest absolute Gasteiger partial charge is 0.261 e. The normalized spacial score (nSPS) is 24.4. The molecular formula is C33H31N3O3S. The molecule has 7 heteroatoms. The maximum absolute atomic E-state index is 13.3. The summed E-state index contributed by atoms with van der Waals surface area (Å²) >= 11 is 0. The van der Waals surface area contributed by atoms with E-state index in [4.69, 9.17) is 0 Å². The van der Waals surface area contributed by atoms with E-state index in [1.165, 1.54) is 42.5 Å². The van der Waals surface area contributed by atoms with Gasteiger partial charge < -0.3 is 10.6 Å². The van der Waals surface area contributed by atoms with Crippen LogP contribution in [0.2, 0.25) is 0 Å². The van der Waals surface area contributed by atoms with E-state index >= 15 is 0 Å². The molecule has 1 heterocycles. The predicted octanol–water partition coefficient (Wildman–Crippen LogP) is 7.04. The van der Waals surface area contributed by atoms with E-state index in [0.717, 1.165) is 5.69 Å². The number of anilines is 3. The van der Waals surface area contributed by atoms with Crippen molar-refractivity contribution < 1.29 is 13.2 Å². The standard InChI is InChI=1S/C33H31N3O3S/c37-33(34-25-14-16-27(17-15-25)40(38,39)36-26-9-5-2-6-10-26)24-13-18-29-28(20-24)30-22-11-12-23(19-22)31(30)32(35-29)21-7-3-1-4-8-21/h1-10,13-18,20,22-23,30-32,35-36H,11-12,19H2,(H,34,37)/t22-,23-,30-,31-,32-/m0/s1. The van der Waals surface area contributed by atoms with Crippen LogP contribution < -0.4 is 15.4 Å². The second kappa shape index (κ2) is 9.82. The van der Waals surface area contributed by atoms with Crippen LogP contribution >= 0.6 is 0 Å². The van der Waals surface area contributed by atoms with E-state index < -0.39 is 10.0 Å². The second-order valence-electron chi connectivity index (χ2n) is 11.2. The summed E-state index contributed by atoms with van der Waals surface area (Å²) in [5.41, 5.74) is 5.37. The van der Waals surface area contributed by atoms with Gasteiger partial charge in [-0.05, 0) is 109 Å². The summed E-state index contributed by atoms with van der Waals surface area (Å²) in [4.78, 5) is 13.4. The molecule has 6 nitrogen and oxygen atoms in total. The molecule has 2 bridgehead atoms. The monoisotopic (exact) mass is 549 g/mol. The quantitative estimate of drug-likeness (QED) is 0.241. The molecule has 2 saturated carbocycles. The fraction of sp³-hybridized carbons (Fsp3) is 0.242. The lowest BCUT2D eigenvalue weighted by atomic mass is 9.68. The van der Waals surface area contributed by atoms with Crippen LogP contribution in [0.5, 0.6) is 0 Å².